The second-order valence-electron chi connectivity index (χ2n) is 6.02. The molecule has 0 aliphatic heterocycles. The molecular formula is C17H28N2O3. The van der Waals surface area contributed by atoms with E-state index in [2.05, 4.69) is 10.6 Å². The molecule has 2 amide bonds. The molecule has 5 nitrogen and oxygen atoms in total. The van der Waals surface area contributed by atoms with E-state index >= 15 is 0 Å². The predicted molar refractivity (Wildman–Crippen MR) is 88.1 cm³/mol. The van der Waals surface area contributed by atoms with E-state index < -0.39 is 0 Å². The zero-order valence-corrected chi connectivity index (χ0v) is 13.9. The van der Waals surface area contributed by atoms with Gasteiger partial charge in [0.25, 0.3) is 0 Å². The molecule has 5 heteroatoms. The van der Waals surface area contributed by atoms with Crippen LogP contribution in [0.15, 0.2) is 24.3 Å². The first-order valence-corrected chi connectivity index (χ1v) is 7.80. The maximum absolute atomic E-state index is 11.7. The zero-order valence-electron chi connectivity index (χ0n) is 13.9. The van der Waals surface area contributed by atoms with Crippen LogP contribution in [0.4, 0.5) is 4.79 Å². The summed E-state index contributed by atoms with van der Waals surface area (Å²) >= 11 is 0. The van der Waals surface area contributed by atoms with Gasteiger partial charge in [-0.3, -0.25) is 0 Å². The first-order chi connectivity index (χ1) is 10.4. The van der Waals surface area contributed by atoms with Crippen LogP contribution >= 0.6 is 0 Å². The number of hydrogen-bond donors (Lipinski definition) is 3. The van der Waals surface area contributed by atoms with E-state index in [4.69, 9.17) is 4.74 Å². The number of carbonyl (C=O) groups excluding carboxylic acids is 1. The van der Waals surface area contributed by atoms with Crippen molar-refractivity contribution in [3.05, 3.63) is 29.8 Å². The van der Waals surface area contributed by atoms with Gasteiger partial charge in [0.15, 0.2) is 0 Å². The van der Waals surface area contributed by atoms with E-state index in [0.29, 0.717) is 19.5 Å². The maximum Gasteiger partial charge on any atom is 0.314 e. The average Bonchev–Trinajstić information content (AvgIpc) is 2.44. The maximum atomic E-state index is 11.7. The summed E-state index contributed by atoms with van der Waals surface area (Å²) in [7, 11) is 0. The van der Waals surface area contributed by atoms with Gasteiger partial charge in [-0.2, -0.15) is 0 Å². The summed E-state index contributed by atoms with van der Waals surface area (Å²) in [6.45, 7) is 8.67. The standard InChI is InChI=1S/C17H28N2O3/c1-12-5-7-16(8-6-12)22-15(4)11-19-17(21)18-10-13(2)9-14(3)20/h5-8,13-15,20H,9-11H2,1-4H3,(H2,18,19,21). The molecule has 1 aromatic rings. The van der Waals surface area contributed by atoms with Gasteiger partial charge < -0.3 is 20.5 Å². The van der Waals surface area contributed by atoms with Crippen molar-refractivity contribution >= 4 is 6.03 Å². The Balaban J connectivity index is 2.21. The number of benzene rings is 1. The Morgan fingerprint density at radius 2 is 1.73 bits per heavy atom. The average molecular weight is 308 g/mol. The van der Waals surface area contributed by atoms with Gasteiger partial charge in [0.1, 0.15) is 11.9 Å². The minimum Gasteiger partial charge on any atom is -0.489 e. The van der Waals surface area contributed by atoms with Gasteiger partial charge in [-0.15, -0.1) is 0 Å². The predicted octanol–water partition coefficient (Wildman–Crippen LogP) is 2.47. The number of aliphatic hydroxyl groups excluding tert-OH is 1. The fourth-order valence-corrected chi connectivity index (χ4v) is 2.12. The number of rotatable bonds is 8. The second kappa shape index (κ2) is 9.30. The summed E-state index contributed by atoms with van der Waals surface area (Å²) in [4.78, 5) is 11.7. The number of urea groups is 1. The number of ether oxygens (including phenoxy) is 1. The Labute approximate surface area is 133 Å². The molecule has 0 aliphatic rings. The van der Waals surface area contributed by atoms with Gasteiger partial charge in [-0.05, 0) is 45.2 Å². The quantitative estimate of drug-likeness (QED) is 0.691. The third kappa shape index (κ3) is 7.88. The van der Waals surface area contributed by atoms with Crippen molar-refractivity contribution < 1.29 is 14.6 Å². The topological polar surface area (TPSA) is 70.6 Å². The highest BCUT2D eigenvalue weighted by molar-refractivity contribution is 5.73. The van der Waals surface area contributed by atoms with Crippen molar-refractivity contribution in [3.63, 3.8) is 0 Å². The highest BCUT2D eigenvalue weighted by Crippen LogP contribution is 2.12. The number of aryl methyl sites for hydroxylation is 1. The van der Waals surface area contributed by atoms with Crippen molar-refractivity contribution in [3.8, 4) is 5.75 Å². The van der Waals surface area contributed by atoms with Crippen LogP contribution in [0.1, 0.15) is 32.8 Å². The van der Waals surface area contributed by atoms with Crippen LogP contribution in [0.2, 0.25) is 0 Å². The van der Waals surface area contributed by atoms with Crippen molar-refractivity contribution in [2.75, 3.05) is 13.1 Å². The molecule has 3 atom stereocenters. The molecule has 0 heterocycles. The largest absolute Gasteiger partial charge is 0.489 e. The monoisotopic (exact) mass is 308 g/mol. The molecule has 0 radical (unpaired) electrons. The summed E-state index contributed by atoms with van der Waals surface area (Å²) in [5.74, 6) is 1.04. The molecule has 0 spiro atoms. The first-order valence-electron chi connectivity index (χ1n) is 7.80. The molecule has 1 rings (SSSR count). The van der Waals surface area contributed by atoms with Crippen molar-refractivity contribution in [1.82, 2.24) is 10.6 Å². The normalized spacial score (nSPS) is 14.8. The van der Waals surface area contributed by atoms with Gasteiger partial charge in [-0.25, -0.2) is 4.79 Å². The minimum absolute atomic E-state index is 0.108. The lowest BCUT2D eigenvalue weighted by Crippen LogP contribution is -2.42. The molecule has 3 N–H and O–H groups in total. The third-order valence-electron chi connectivity index (χ3n) is 3.26. The Morgan fingerprint density at radius 3 is 2.32 bits per heavy atom. The molecule has 1 aromatic carbocycles. The molecular weight excluding hydrogens is 280 g/mol. The summed E-state index contributed by atoms with van der Waals surface area (Å²) in [6.07, 6.45) is 0.221. The highest BCUT2D eigenvalue weighted by atomic mass is 16.5. The molecule has 0 saturated carbocycles. The summed E-state index contributed by atoms with van der Waals surface area (Å²) in [5.41, 5.74) is 1.18. The summed E-state index contributed by atoms with van der Waals surface area (Å²) < 4.78 is 5.72. The van der Waals surface area contributed by atoms with Crippen molar-refractivity contribution in [2.45, 2.75) is 46.3 Å². The van der Waals surface area contributed by atoms with Crippen LogP contribution in [-0.4, -0.2) is 36.4 Å². The minimum atomic E-state index is -0.345. The number of carbonyl (C=O) groups is 1. The number of aliphatic hydroxyl groups is 1. The van der Waals surface area contributed by atoms with Crippen LogP contribution in [0.25, 0.3) is 0 Å². The molecule has 124 valence electrons. The molecule has 0 fully saturated rings. The lowest BCUT2D eigenvalue weighted by atomic mass is 10.1. The highest BCUT2D eigenvalue weighted by Gasteiger charge is 2.10. The van der Waals surface area contributed by atoms with Gasteiger partial charge in [-0.1, -0.05) is 24.6 Å². The lowest BCUT2D eigenvalue weighted by molar-refractivity contribution is 0.163. The van der Waals surface area contributed by atoms with Gasteiger partial charge >= 0.3 is 6.03 Å². The SMILES string of the molecule is Cc1ccc(OC(C)CNC(=O)NCC(C)CC(C)O)cc1. The van der Waals surface area contributed by atoms with E-state index in [1.54, 1.807) is 6.92 Å². The molecule has 0 aliphatic carbocycles. The fraction of sp³-hybridized carbons (Fsp3) is 0.588. The summed E-state index contributed by atoms with van der Waals surface area (Å²) in [5, 5.41) is 14.9. The Hall–Kier alpha value is -1.75. The van der Waals surface area contributed by atoms with Crippen LogP contribution in [0.3, 0.4) is 0 Å². The Kier molecular flexibility index (Phi) is 7.74. The Bertz CT molecular complexity index is 446. The molecule has 0 bridgehead atoms. The van der Waals surface area contributed by atoms with Gasteiger partial charge in [0.05, 0.1) is 12.6 Å². The van der Waals surface area contributed by atoms with Crippen molar-refractivity contribution in [1.29, 1.82) is 0 Å². The lowest BCUT2D eigenvalue weighted by Gasteiger charge is -2.17. The third-order valence-corrected chi connectivity index (χ3v) is 3.26. The van der Waals surface area contributed by atoms with Gasteiger partial charge in [0.2, 0.25) is 0 Å². The van der Waals surface area contributed by atoms with E-state index in [1.165, 1.54) is 5.56 Å². The number of nitrogens with one attached hydrogen (secondary N) is 2. The zero-order chi connectivity index (χ0) is 16.5. The first kappa shape index (κ1) is 18.3. The second-order valence-corrected chi connectivity index (χ2v) is 6.02. The fourth-order valence-electron chi connectivity index (χ4n) is 2.12. The van der Waals surface area contributed by atoms with E-state index in [-0.39, 0.29) is 24.2 Å². The van der Waals surface area contributed by atoms with Crippen molar-refractivity contribution in [2.24, 2.45) is 5.92 Å². The smallest absolute Gasteiger partial charge is 0.314 e. The number of hydrogen-bond acceptors (Lipinski definition) is 3. The number of amides is 2. The molecule has 22 heavy (non-hydrogen) atoms. The van der Waals surface area contributed by atoms with E-state index in [1.807, 2.05) is 45.0 Å². The van der Waals surface area contributed by atoms with Crippen LogP contribution in [0, 0.1) is 12.8 Å². The van der Waals surface area contributed by atoms with Crippen LogP contribution in [0.5, 0.6) is 5.75 Å². The summed E-state index contributed by atoms with van der Waals surface area (Å²) in [6, 6.07) is 7.61. The molecule has 0 saturated heterocycles. The van der Waals surface area contributed by atoms with Gasteiger partial charge in [0, 0.05) is 6.54 Å². The van der Waals surface area contributed by atoms with E-state index in [9.17, 15) is 9.90 Å². The molecule has 3 unspecified atom stereocenters. The molecule has 0 aromatic heterocycles. The Morgan fingerprint density at radius 1 is 1.14 bits per heavy atom. The van der Waals surface area contributed by atoms with Crippen LogP contribution < -0.4 is 15.4 Å². The van der Waals surface area contributed by atoms with Crippen LogP contribution in [-0.2, 0) is 0 Å². The van der Waals surface area contributed by atoms with E-state index in [0.717, 1.165) is 5.75 Å².